The smallest absolute Gasteiger partial charge is 0.241 e. The highest BCUT2D eigenvalue weighted by Gasteiger charge is 2.38. The van der Waals surface area contributed by atoms with E-state index in [4.69, 9.17) is 0 Å². The first-order valence-electron chi connectivity index (χ1n) is 8.22. The number of nitrogens with zero attached hydrogens (tertiary/aromatic N) is 2. The molecule has 6 nitrogen and oxygen atoms in total. The van der Waals surface area contributed by atoms with Crippen LogP contribution in [0.2, 0.25) is 0 Å². The highest BCUT2D eigenvalue weighted by molar-refractivity contribution is 7.95. The van der Waals surface area contributed by atoms with Gasteiger partial charge in [0, 0.05) is 13.1 Å². The third kappa shape index (κ3) is 4.56. The van der Waals surface area contributed by atoms with Gasteiger partial charge < -0.3 is 14.6 Å². The van der Waals surface area contributed by atoms with Crippen LogP contribution in [0.25, 0.3) is 0 Å². The van der Waals surface area contributed by atoms with Gasteiger partial charge in [-0.15, -0.1) is 4.31 Å². The fourth-order valence-corrected chi connectivity index (χ4v) is 4.34. The van der Waals surface area contributed by atoms with Crippen molar-refractivity contribution in [3.63, 3.8) is 0 Å². The first-order chi connectivity index (χ1) is 12.8. The topological polar surface area (TPSA) is 83.9 Å². The molecular weight excluding hydrogens is 378 g/mol. The standard InChI is InChI=1S/C18H18F2N2O4S/c19-14-4-6-17(7-5-14)27(25,26)22-11-16(23)10-21(18(24)12-22)9-13-2-1-3-15(20)8-13/h1-8,16,23H,9-12H2. The Kier molecular flexibility index (Phi) is 5.66. The van der Waals surface area contributed by atoms with Crippen LogP contribution in [-0.2, 0) is 25.9 Å². The van der Waals surface area contributed by atoms with Crippen LogP contribution in [0.4, 0.5) is 8.78 Å². The molecule has 1 fully saturated rings. The largest absolute Gasteiger partial charge is 0.593 e. The number of hydrogen-bond acceptors (Lipinski definition) is 4. The lowest BCUT2D eigenvalue weighted by molar-refractivity contribution is -0.131. The molecule has 0 bridgehead atoms. The van der Waals surface area contributed by atoms with Crippen molar-refractivity contribution in [1.82, 2.24) is 9.21 Å². The van der Waals surface area contributed by atoms with Gasteiger partial charge in [0.25, 0.3) is 0 Å². The number of rotatable bonds is 4. The molecule has 1 amide bonds. The maximum absolute atomic E-state index is 13.3. The molecule has 0 aliphatic carbocycles. The lowest BCUT2D eigenvalue weighted by Crippen LogP contribution is -2.42. The van der Waals surface area contributed by atoms with Crippen molar-refractivity contribution in [2.75, 3.05) is 19.6 Å². The Labute approximate surface area is 156 Å². The highest BCUT2D eigenvalue weighted by atomic mass is 32.3. The van der Waals surface area contributed by atoms with E-state index in [-0.39, 0.29) is 24.5 Å². The number of carbonyl (C=O) groups excluding carboxylic acids is 1. The van der Waals surface area contributed by atoms with Gasteiger partial charge in [0.15, 0.2) is 15.3 Å². The number of sulfonamides is 1. The second-order valence-corrected chi connectivity index (χ2v) is 8.25. The van der Waals surface area contributed by atoms with Crippen molar-refractivity contribution in [2.45, 2.75) is 17.5 Å². The predicted molar refractivity (Wildman–Crippen MR) is 92.9 cm³/mol. The van der Waals surface area contributed by atoms with Crippen molar-refractivity contribution < 1.29 is 27.4 Å². The number of amides is 1. The molecular formula is C18H18F2N2O4S. The molecule has 1 heterocycles. The zero-order valence-corrected chi connectivity index (χ0v) is 15.1. The number of β-amino-alcohol motifs (C(OH)–C–C–N with tert-alkyl or cyclic N) is 1. The molecule has 1 aliphatic rings. The summed E-state index contributed by atoms with van der Waals surface area (Å²) in [4.78, 5) is 13.7. The monoisotopic (exact) mass is 396 g/mol. The zero-order chi connectivity index (χ0) is 19.6. The van der Waals surface area contributed by atoms with Gasteiger partial charge in [-0.2, -0.15) is 0 Å². The van der Waals surface area contributed by atoms with Crippen LogP contribution >= 0.6 is 0 Å². The molecule has 144 valence electrons. The van der Waals surface area contributed by atoms with E-state index in [1.807, 2.05) is 0 Å². The second kappa shape index (κ2) is 7.81. The van der Waals surface area contributed by atoms with Crippen molar-refractivity contribution in [3.8, 4) is 0 Å². The lowest BCUT2D eigenvalue weighted by atomic mass is 10.2. The van der Waals surface area contributed by atoms with E-state index < -0.39 is 40.6 Å². The van der Waals surface area contributed by atoms with Crippen LogP contribution in [0.1, 0.15) is 5.56 Å². The number of benzene rings is 2. The molecule has 1 N–H and O–H groups in total. The number of halogens is 2. The summed E-state index contributed by atoms with van der Waals surface area (Å²) in [5, 5.41) is 10.2. The normalized spacial score (nSPS) is 21.0. The van der Waals surface area contributed by atoms with E-state index in [1.54, 1.807) is 6.07 Å². The maximum atomic E-state index is 13.3. The van der Waals surface area contributed by atoms with E-state index in [0.29, 0.717) is 5.56 Å². The molecule has 1 aliphatic heterocycles. The summed E-state index contributed by atoms with van der Waals surface area (Å²) in [6.07, 6.45) is -1.11. The first-order valence-corrected chi connectivity index (χ1v) is 9.66. The SMILES string of the molecule is O=C1CN([S+](=O)([O-])c2ccc(F)cc2)CC(O)CN1Cc1cccc(F)c1. The zero-order valence-electron chi connectivity index (χ0n) is 14.3. The Balaban J connectivity index is 1.80. The molecule has 1 saturated heterocycles. The minimum absolute atomic E-state index is 0.0537. The Morgan fingerprint density at radius 1 is 1.11 bits per heavy atom. The van der Waals surface area contributed by atoms with Gasteiger partial charge in [0.2, 0.25) is 5.91 Å². The molecule has 3 rings (SSSR count). The Morgan fingerprint density at radius 3 is 2.48 bits per heavy atom. The Bertz CT molecular complexity index is 878. The molecule has 2 unspecified atom stereocenters. The van der Waals surface area contributed by atoms with Gasteiger partial charge in [0.1, 0.15) is 18.2 Å². The first kappa shape index (κ1) is 19.6. The summed E-state index contributed by atoms with van der Waals surface area (Å²) in [6.45, 7) is -0.764. The van der Waals surface area contributed by atoms with Crippen LogP contribution in [0.15, 0.2) is 53.4 Å². The Morgan fingerprint density at radius 2 is 1.81 bits per heavy atom. The second-order valence-electron chi connectivity index (χ2n) is 6.31. The van der Waals surface area contributed by atoms with E-state index in [2.05, 4.69) is 0 Å². The highest BCUT2D eigenvalue weighted by Crippen LogP contribution is 2.24. The number of hydrogen-bond donors (Lipinski definition) is 1. The van der Waals surface area contributed by atoms with Crippen LogP contribution in [0, 0.1) is 11.6 Å². The minimum atomic E-state index is -4.07. The Hall–Kier alpha value is -2.20. The van der Waals surface area contributed by atoms with Gasteiger partial charge in [0.05, 0.1) is 12.6 Å². The summed E-state index contributed by atoms with van der Waals surface area (Å²) in [5.41, 5.74) is 0.533. The third-order valence-electron chi connectivity index (χ3n) is 4.22. The van der Waals surface area contributed by atoms with E-state index >= 15 is 0 Å². The molecule has 2 atom stereocenters. The summed E-state index contributed by atoms with van der Waals surface area (Å²) >= 11 is 0. The summed E-state index contributed by atoms with van der Waals surface area (Å²) < 4.78 is 52.7. The van der Waals surface area contributed by atoms with Crippen LogP contribution in [0.3, 0.4) is 0 Å². The fourth-order valence-electron chi connectivity index (χ4n) is 2.91. The summed E-state index contributed by atoms with van der Waals surface area (Å²) in [6, 6.07) is 9.94. The average Bonchev–Trinajstić information content (AvgIpc) is 2.74. The fraction of sp³-hybridized carbons (Fsp3) is 0.278. The average molecular weight is 396 g/mol. The van der Waals surface area contributed by atoms with Crippen molar-refractivity contribution in [3.05, 3.63) is 65.7 Å². The molecule has 9 heteroatoms. The maximum Gasteiger partial charge on any atom is 0.241 e. The van der Waals surface area contributed by atoms with Gasteiger partial charge in [-0.25, -0.2) is 8.78 Å². The lowest BCUT2D eigenvalue weighted by Gasteiger charge is -2.26. The summed E-state index contributed by atoms with van der Waals surface area (Å²) in [7, 11) is -4.07. The number of aliphatic hydroxyl groups excluding tert-OH is 1. The molecule has 0 spiro atoms. The summed E-state index contributed by atoms with van der Waals surface area (Å²) in [5.74, 6) is -1.54. The predicted octanol–water partition coefficient (Wildman–Crippen LogP) is 1.57. The van der Waals surface area contributed by atoms with Gasteiger partial charge in [-0.1, -0.05) is 16.3 Å². The van der Waals surface area contributed by atoms with Crippen LogP contribution in [0.5, 0.6) is 0 Å². The molecule has 27 heavy (non-hydrogen) atoms. The molecule has 0 radical (unpaired) electrons. The van der Waals surface area contributed by atoms with Gasteiger partial charge in [-0.05, 0) is 42.0 Å². The molecule has 2 aromatic carbocycles. The van der Waals surface area contributed by atoms with Crippen LogP contribution < -0.4 is 0 Å². The van der Waals surface area contributed by atoms with Crippen LogP contribution in [-0.4, -0.2) is 50.5 Å². The van der Waals surface area contributed by atoms with E-state index in [1.165, 1.54) is 23.1 Å². The van der Waals surface area contributed by atoms with Gasteiger partial charge in [-0.3, -0.25) is 4.79 Å². The van der Waals surface area contributed by atoms with Crippen molar-refractivity contribution in [1.29, 1.82) is 0 Å². The van der Waals surface area contributed by atoms with Crippen molar-refractivity contribution in [2.24, 2.45) is 0 Å². The van der Waals surface area contributed by atoms with Gasteiger partial charge >= 0.3 is 0 Å². The minimum Gasteiger partial charge on any atom is -0.593 e. The molecule has 2 aromatic rings. The third-order valence-corrected chi connectivity index (χ3v) is 6.05. The number of aliphatic hydroxyl groups is 1. The van der Waals surface area contributed by atoms with Crippen molar-refractivity contribution >= 4 is 16.3 Å². The molecule has 0 saturated carbocycles. The van der Waals surface area contributed by atoms with E-state index in [0.717, 1.165) is 28.6 Å². The number of carbonyl (C=O) groups is 1. The molecule has 0 aromatic heterocycles. The van der Waals surface area contributed by atoms with E-state index in [9.17, 15) is 27.4 Å². The quantitative estimate of drug-likeness (QED) is 0.796.